The molecule has 2 rings (SSSR count). The maximum Gasteiger partial charge on any atom is 0.165 e. The molecule has 1 N–H and O–H groups in total. The average Bonchev–Trinajstić information content (AvgIpc) is 2.90. The summed E-state index contributed by atoms with van der Waals surface area (Å²) in [7, 11) is 0. The van der Waals surface area contributed by atoms with Gasteiger partial charge in [0.15, 0.2) is 11.6 Å². The molecule has 0 spiro atoms. The Bertz CT molecular complexity index is 499. The van der Waals surface area contributed by atoms with Crippen molar-refractivity contribution in [2.24, 2.45) is 0 Å². The number of benzene rings is 1. The molecule has 0 aliphatic carbocycles. The van der Waals surface area contributed by atoms with Crippen molar-refractivity contribution < 1.29 is 9.13 Å². The van der Waals surface area contributed by atoms with E-state index < -0.39 is 0 Å². The van der Waals surface area contributed by atoms with Crippen molar-refractivity contribution in [3.05, 3.63) is 52.0 Å². The minimum atomic E-state index is -0.302. The second-order valence-electron chi connectivity index (χ2n) is 4.41. The van der Waals surface area contributed by atoms with E-state index in [4.69, 9.17) is 4.74 Å². The van der Waals surface area contributed by atoms with Crippen molar-refractivity contribution in [3.63, 3.8) is 0 Å². The number of ether oxygens (including phenoxy) is 1. The molecule has 2 nitrogen and oxygen atoms in total. The Hall–Kier alpha value is -1.39. The molecule has 1 aromatic heterocycles. The first-order chi connectivity index (χ1) is 9.25. The summed E-state index contributed by atoms with van der Waals surface area (Å²) < 4.78 is 18.8. The third-order valence-electron chi connectivity index (χ3n) is 2.79. The summed E-state index contributed by atoms with van der Waals surface area (Å²) in [6.45, 7) is 4.03. The van der Waals surface area contributed by atoms with Gasteiger partial charge >= 0.3 is 0 Å². The molecule has 0 atom stereocenters. The molecular formula is C15H18FNOS. The van der Waals surface area contributed by atoms with Gasteiger partial charge in [0.05, 0.1) is 0 Å². The summed E-state index contributed by atoms with van der Waals surface area (Å²) in [6.07, 6.45) is 1.02. The summed E-state index contributed by atoms with van der Waals surface area (Å²) in [5, 5.41) is 7.52. The topological polar surface area (TPSA) is 21.3 Å². The molecule has 2 aromatic rings. The fraction of sp³-hybridized carbons (Fsp3) is 0.333. The summed E-state index contributed by atoms with van der Waals surface area (Å²) >= 11 is 1.71. The van der Waals surface area contributed by atoms with Gasteiger partial charge in [0.2, 0.25) is 0 Å². The lowest BCUT2D eigenvalue weighted by molar-refractivity contribution is 0.299. The van der Waals surface area contributed by atoms with Crippen LogP contribution in [0.5, 0.6) is 5.75 Å². The molecule has 0 aliphatic rings. The Balaban J connectivity index is 1.62. The number of thiophene rings is 1. The van der Waals surface area contributed by atoms with E-state index in [-0.39, 0.29) is 5.82 Å². The zero-order valence-corrected chi connectivity index (χ0v) is 11.8. The highest BCUT2D eigenvalue weighted by Gasteiger charge is 2.02. The standard InChI is InChI=1S/C15H18FNOS/c1-12-2-3-14(16)15(10-12)18-8-7-17-6-4-13-5-9-19-11-13/h2-3,5,9-11,17H,4,6-8H2,1H3. The van der Waals surface area contributed by atoms with Crippen LogP contribution in [0.3, 0.4) is 0 Å². The SMILES string of the molecule is Cc1ccc(F)c(OCCNCCc2ccsc2)c1. The van der Waals surface area contributed by atoms with Crippen molar-refractivity contribution in [3.8, 4) is 5.75 Å². The maximum atomic E-state index is 13.4. The Morgan fingerprint density at radius 2 is 2.16 bits per heavy atom. The highest BCUT2D eigenvalue weighted by atomic mass is 32.1. The molecule has 1 aromatic carbocycles. The summed E-state index contributed by atoms with van der Waals surface area (Å²) in [6, 6.07) is 7.03. The molecule has 0 bridgehead atoms. The van der Waals surface area contributed by atoms with Gasteiger partial charge < -0.3 is 10.1 Å². The van der Waals surface area contributed by atoms with Crippen LogP contribution in [0, 0.1) is 12.7 Å². The molecule has 1 heterocycles. The molecule has 102 valence electrons. The van der Waals surface area contributed by atoms with Crippen molar-refractivity contribution in [1.82, 2.24) is 5.32 Å². The molecule has 0 saturated heterocycles. The zero-order chi connectivity index (χ0) is 13.5. The van der Waals surface area contributed by atoms with E-state index in [9.17, 15) is 4.39 Å². The Morgan fingerprint density at radius 3 is 2.95 bits per heavy atom. The molecule has 0 saturated carbocycles. The number of hydrogen-bond acceptors (Lipinski definition) is 3. The van der Waals surface area contributed by atoms with E-state index in [1.165, 1.54) is 11.6 Å². The van der Waals surface area contributed by atoms with Crippen molar-refractivity contribution in [1.29, 1.82) is 0 Å². The van der Waals surface area contributed by atoms with Crippen molar-refractivity contribution in [2.75, 3.05) is 19.7 Å². The lowest BCUT2D eigenvalue weighted by Crippen LogP contribution is -2.23. The van der Waals surface area contributed by atoms with E-state index in [0.29, 0.717) is 12.4 Å². The van der Waals surface area contributed by atoms with Crippen LogP contribution in [-0.2, 0) is 6.42 Å². The van der Waals surface area contributed by atoms with Gasteiger partial charge in [-0.25, -0.2) is 4.39 Å². The van der Waals surface area contributed by atoms with Crippen LogP contribution in [0.1, 0.15) is 11.1 Å². The van der Waals surface area contributed by atoms with Gasteiger partial charge in [-0.3, -0.25) is 0 Å². The molecular weight excluding hydrogens is 261 g/mol. The first kappa shape index (κ1) is 14.0. The molecule has 19 heavy (non-hydrogen) atoms. The molecule has 0 amide bonds. The largest absolute Gasteiger partial charge is 0.489 e. The first-order valence-corrected chi connectivity index (χ1v) is 7.31. The number of aryl methyl sites for hydroxylation is 1. The van der Waals surface area contributed by atoms with Crippen LogP contribution in [0.15, 0.2) is 35.0 Å². The number of halogens is 1. The lowest BCUT2D eigenvalue weighted by Gasteiger charge is -2.08. The number of hydrogen-bond donors (Lipinski definition) is 1. The Labute approximate surface area is 117 Å². The van der Waals surface area contributed by atoms with Gasteiger partial charge in [-0.2, -0.15) is 11.3 Å². The van der Waals surface area contributed by atoms with Crippen LogP contribution in [0.25, 0.3) is 0 Å². The van der Waals surface area contributed by atoms with Gasteiger partial charge in [0.1, 0.15) is 6.61 Å². The van der Waals surface area contributed by atoms with Gasteiger partial charge in [-0.1, -0.05) is 6.07 Å². The van der Waals surface area contributed by atoms with Crippen LogP contribution in [0.2, 0.25) is 0 Å². The predicted octanol–water partition coefficient (Wildman–Crippen LogP) is 3.41. The van der Waals surface area contributed by atoms with E-state index in [0.717, 1.165) is 25.1 Å². The summed E-state index contributed by atoms with van der Waals surface area (Å²) in [4.78, 5) is 0. The highest BCUT2D eigenvalue weighted by molar-refractivity contribution is 7.07. The zero-order valence-electron chi connectivity index (χ0n) is 11.0. The Kier molecular flexibility index (Phi) is 5.36. The van der Waals surface area contributed by atoms with Crippen molar-refractivity contribution >= 4 is 11.3 Å². The van der Waals surface area contributed by atoms with E-state index in [2.05, 4.69) is 22.1 Å². The molecule has 0 radical (unpaired) electrons. The maximum absolute atomic E-state index is 13.4. The van der Waals surface area contributed by atoms with Crippen LogP contribution < -0.4 is 10.1 Å². The molecule has 4 heteroatoms. The summed E-state index contributed by atoms with van der Waals surface area (Å²) in [5.74, 6) is 0.0310. The second-order valence-corrected chi connectivity index (χ2v) is 5.19. The predicted molar refractivity (Wildman–Crippen MR) is 77.5 cm³/mol. The van der Waals surface area contributed by atoms with E-state index in [1.54, 1.807) is 23.5 Å². The average molecular weight is 279 g/mol. The van der Waals surface area contributed by atoms with E-state index >= 15 is 0 Å². The van der Waals surface area contributed by atoms with Crippen LogP contribution in [0.4, 0.5) is 4.39 Å². The van der Waals surface area contributed by atoms with Gasteiger partial charge in [-0.05, 0) is 60.0 Å². The van der Waals surface area contributed by atoms with Gasteiger partial charge in [0, 0.05) is 6.54 Å². The molecule has 0 fully saturated rings. The Morgan fingerprint density at radius 1 is 1.26 bits per heavy atom. The molecule has 0 unspecified atom stereocenters. The number of nitrogens with one attached hydrogen (secondary N) is 1. The first-order valence-electron chi connectivity index (χ1n) is 6.36. The third kappa shape index (κ3) is 4.65. The van der Waals surface area contributed by atoms with E-state index in [1.807, 2.05) is 6.92 Å². The second kappa shape index (κ2) is 7.26. The minimum Gasteiger partial charge on any atom is -0.489 e. The fourth-order valence-corrected chi connectivity index (χ4v) is 2.45. The number of rotatable bonds is 7. The minimum absolute atomic E-state index is 0.302. The van der Waals surface area contributed by atoms with Gasteiger partial charge in [-0.15, -0.1) is 0 Å². The van der Waals surface area contributed by atoms with Crippen molar-refractivity contribution in [2.45, 2.75) is 13.3 Å². The fourth-order valence-electron chi connectivity index (χ4n) is 1.75. The molecule has 0 aliphatic heterocycles. The van der Waals surface area contributed by atoms with Crippen LogP contribution in [-0.4, -0.2) is 19.7 Å². The normalized spacial score (nSPS) is 10.6. The summed E-state index contributed by atoms with van der Waals surface area (Å²) in [5.41, 5.74) is 2.35. The quantitative estimate of drug-likeness (QED) is 0.784. The van der Waals surface area contributed by atoms with Crippen LogP contribution >= 0.6 is 11.3 Å². The smallest absolute Gasteiger partial charge is 0.165 e. The highest BCUT2D eigenvalue weighted by Crippen LogP contribution is 2.17. The monoisotopic (exact) mass is 279 g/mol. The third-order valence-corrected chi connectivity index (χ3v) is 3.53. The lowest BCUT2D eigenvalue weighted by atomic mass is 10.2. The van der Waals surface area contributed by atoms with Gasteiger partial charge in [0.25, 0.3) is 0 Å².